The van der Waals surface area contributed by atoms with Crippen molar-refractivity contribution in [1.82, 2.24) is 9.88 Å². The van der Waals surface area contributed by atoms with Crippen molar-refractivity contribution < 1.29 is 14.3 Å². The number of hydrogen-bond donors (Lipinski definition) is 1. The Balaban J connectivity index is 1.79. The molecule has 1 aliphatic heterocycles. The van der Waals surface area contributed by atoms with Gasteiger partial charge < -0.3 is 20.1 Å². The number of carbonyl (C=O) groups excluding carboxylic acids is 1. The summed E-state index contributed by atoms with van der Waals surface area (Å²) in [5, 5.41) is 0. The Morgan fingerprint density at radius 2 is 2.24 bits per heavy atom. The molecule has 1 aliphatic rings. The maximum atomic E-state index is 11.9. The summed E-state index contributed by atoms with van der Waals surface area (Å²) in [4.78, 5) is 18.0. The number of nitrogens with two attached hydrogens (primary N) is 1. The highest BCUT2D eigenvalue weighted by atomic mass is 16.5. The lowest BCUT2D eigenvalue weighted by Gasteiger charge is -2.26. The van der Waals surface area contributed by atoms with Crippen LogP contribution in [0.5, 0.6) is 5.75 Å². The quantitative estimate of drug-likeness (QED) is 0.831. The van der Waals surface area contributed by atoms with Crippen molar-refractivity contribution in [1.29, 1.82) is 0 Å². The highest BCUT2D eigenvalue weighted by molar-refractivity contribution is 5.77. The number of pyridine rings is 1. The van der Waals surface area contributed by atoms with E-state index in [0.717, 1.165) is 18.5 Å². The maximum absolute atomic E-state index is 11.9. The fourth-order valence-corrected chi connectivity index (χ4v) is 2.08. The van der Waals surface area contributed by atoms with Gasteiger partial charge in [0.1, 0.15) is 5.75 Å². The van der Waals surface area contributed by atoms with Crippen LogP contribution in [0.2, 0.25) is 0 Å². The summed E-state index contributed by atoms with van der Waals surface area (Å²) in [6.45, 7) is 4.55. The minimum atomic E-state index is -0.0182. The molecular formula is C15H23N3O3. The van der Waals surface area contributed by atoms with Gasteiger partial charge in [0, 0.05) is 31.2 Å². The van der Waals surface area contributed by atoms with Gasteiger partial charge in [0.15, 0.2) is 6.61 Å². The summed E-state index contributed by atoms with van der Waals surface area (Å²) >= 11 is 0. The molecule has 1 fully saturated rings. The lowest BCUT2D eigenvalue weighted by Crippen LogP contribution is -2.42. The van der Waals surface area contributed by atoms with Crippen molar-refractivity contribution in [3.63, 3.8) is 0 Å². The van der Waals surface area contributed by atoms with E-state index < -0.39 is 0 Å². The fraction of sp³-hybridized carbons (Fsp3) is 0.600. The number of rotatable bonds is 6. The van der Waals surface area contributed by atoms with E-state index in [1.54, 1.807) is 11.1 Å². The number of ether oxygens (including phenoxy) is 2. The third kappa shape index (κ3) is 4.99. The fourth-order valence-electron chi connectivity index (χ4n) is 2.08. The van der Waals surface area contributed by atoms with E-state index in [2.05, 4.69) is 11.9 Å². The predicted molar refractivity (Wildman–Crippen MR) is 79.1 cm³/mol. The average Bonchev–Trinajstić information content (AvgIpc) is 2.54. The molecule has 0 spiro atoms. The van der Waals surface area contributed by atoms with E-state index in [1.807, 2.05) is 12.1 Å². The van der Waals surface area contributed by atoms with Crippen LogP contribution in [0.15, 0.2) is 18.3 Å². The van der Waals surface area contributed by atoms with Gasteiger partial charge in [-0.15, -0.1) is 0 Å². The molecule has 1 saturated heterocycles. The van der Waals surface area contributed by atoms with Crippen LogP contribution in [-0.2, 0) is 16.0 Å². The van der Waals surface area contributed by atoms with Crippen molar-refractivity contribution in [3.8, 4) is 5.75 Å². The van der Waals surface area contributed by atoms with Crippen molar-refractivity contribution in [2.75, 3.05) is 32.9 Å². The Labute approximate surface area is 125 Å². The van der Waals surface area contributed by atoms with Gasteiger partial charge in [-0.3, -0.25) is 9.78 Å². The number of amides is 1. The summed E-state index contributed by atoms with van der Waals surface area (Å²) in [6.07, 6.45) is 3.32. The number of aromatic nitrogens is 1. The lowest BCUT2D eigenvalue weighted by atomic mass is 10.1. The largest absolute Gasteiger partial charge is 0.482 e. The average molecular weight is 293 g/mol. The molecule has 21 heavy (non-hydrogen) atoms. The minimum absolute atomic E-state index is 0.0182. The van der Waals surface area contributed by atoms with E-state index in [-0.39, 0.29) is 18.6 Å². The first kappa shape index (κ1) is 15.7. The Morgan fingerprint density at radius 1 is 1.48 bits per heavy atom. The van der Waals surface area contributed by atoms with Crippen LogP contribution in [0.1, 0.15) is 19.0 Å². The molecule has 116 valence electrons. The van der Waals surface area contributed by atoms with Crippen LogP contribution >= 0.6 is 0 Å². The SMILES string of the molecule is CCC(N)Cc1ccc(OCC(=O)N2CCOCC2)cn1. The van der Waals surface area contributed by atoms with Gasteiger partial charge in [-0.2, -0.15) is 0 Å². The second-order valence-electron chi connectivity index (χ2n) is 5.14. The molecule has 2 N–H and O–H groups in total. The Morgan fingerprint density at radius 3 is 2.86 bits per heavy atom. The Hall–Kier alpha value is -1.66. The maximum Gasteiger partial charge on any atom is 0.260 e. The Bertz CT molecular complexity index is 444. The first-order valence-electron chi connectivity index (χ1n) is 7.38. The van der Waals surface area contributed by atoms with Crippen LogP contribution in [0.3, 0.4) is 0 Å². The van der Waals surface area contributed by atoms with Crippen LogP contribution in [0, 0.1) is 0 Å². The van der Waals surface area contributed by atoms with E-state index in [0.29, 0.717) is 32.1 Å². The standard InChI is InChI=1S/C15H23N3O3/c1-2-12(16)9-13-3-4-14(10-17-13)21-11-15(19)18-5-7-20-8-6-18/h3-4,10,12H,2,5-9,11,16H2,1H3. The molecule has 2 heterocycles. The summed E-state index contributed by atoms with van der Waals surface area (Å²) in [6, 6.07) is 3.86. The van der Waals surface area contributed by atoms with Crippen molar-refractivity contribution >= 4 is 5.91 Å². The van der Waals surface area contributed by atoms with E-state index in [9.17, 15) is 4.79 Å². The molecule has 1 aromatic heterocycles. The van der Waals surface area contributed by atoms with Crippen LogP contribution in [0.4, 0.5) is 0 Å². The van der Waals surface area contributed by atoms with Gasteiger partial charge in [-0.25, -0.2) is 0 Å². The Kier molecular flexibility index (Phi) is 5.95. The van der Waals surface area contributed by atoms with E-state index >= 15 is 0 Å². The zero-order chi connectivity index (χ0) is 15.1. The van der Waals surface area contributed by atoms with Gasteiger partial charge >= 0.3 is 0 Å². The molecular weight excluding hydrogens is 270 g/mol. The molecule has 0 saturated carbocycles. The molecule has 1 aromatic rings. The number of morpholine rings is 1. The van der Waals surface area contributed by atoms with E-state index in [4.69, 9.17) is 15.2 Å². The molecule has 1 unspecified atom stereocenters. The lowest BCUT2D eigenvalue weighted by molar-refractivity contribution is -0.137. The van der Waals surface area contributed by atoms with Gasteiger partial charge in [-0.1, -0.05) is 6.92 Å². The van der Waals surface area contributed by atoms with Gasteiger partial charge in [0.25, 0.3) is 5.91 Å². The molecule has 0 aromatic carbocycles. The van der Waals surface area contributed by atoms with Crippen molar-refractivity contribution in [2.45, 2.75) is 25.8 Å². The third-order valence-corrected chi connectivity index (χ3v) is 3.52. The highest BCUT2D eigenvalue weighted by Gasteiger charge is 2.17. The van der Waals surface area contributed by atoms with Gasteiger partial charge in [0.2, 0.25) is 0 Å². The zero-order valence-electron chi connectivity index (χ0n) is 12.5. The first-order chi connectivity index (χ1) is 10.2. The second kappa shape index (κ2) is 7.95. The van der Waals surface area contributed by atoms with E-state index in [1.165, 1.54) is 0 Å². The third-order valence-electron chi connectivity index (χ3n) is 3.52. The van der Waals surface area contributed by atoms with Crippen LogP contribution in [-0.4, -0.2) is 54.7 Å². The number of nitrogens with zero attached hydrogens (tertiary/aromatic N) is 2. The van der Waals surface area contributed by atoms with Crippen LogP contribution in [0.25, 0.3) is 0 Å². The topological polar surface area (TPSA) is 77.7 Å². The molecule has 2 rings (SSSR count). The predicted octanol–water partition coefficient (Wildman–Crippen LogP) is 0.599. The summed E-state index contributed by atoms with van der Waals surface area (Å²) in [5.41, 5.74) is 6.83. The minimum Gasteiger partial charge on any atom is -0.482 e. The molecule has 0 radical (unpaired) electrons. The molecule has 6 nitrogen and oxygen atoms in total. The molecule has 1 amide bonds. The summed E-state index contributed by atoms with van der Waals surface area (Å²) in [7, 11) is 0. The molecule has 0 aliphatic carbocycles. The normalized spacial score (nSPS) is 16.6. The number of hydrogen-bond acceptors (Lipinski definition) is 5. The summed E-state index contributed by atoms with van der Waals surface area (Å²) < 4.78 is 10.7. The van der Waals surface area contributed by atoms with Crippen molar-refractivity contribution in [3.05, 3.63) is 24.0 Å². The molecule has 6 heteroatoms. The van der Waals surface area contributed by atoms with Gasteiger partial charge in [0.05, 0.1) is 19.4 Å². The number of carbonyl (C=O) groups is 1. The molecule has 1 atom stereocenters. The molecule has 0 bridgehead atoms. The summed E-state index contributed by atoms with van der Waals surface area (Å²) in [5.74, 6) is 0.584. The zero-order valence-corrected chi connectivity index (χ0v) is 12.5. The second-order valence-corrected chi connectivity index (χ2v) is 5.14. The smallest absolute Gasteiger partial charge is 0.260 e. The monoisotopic (exact) mass is 293 g/mol. The van der Waals surface area contributed by atoms with Crippen LogP contribution < -0.4 is 10.5 Å². The first-order valence-corrected chi connectivity index (χ1v) is 7.38. The highest BCUT2D eigenvalue weighted by Crippen LogP contribution is 2.11. The van der Waals surface area contributed by atoms with Crippen molar-refractivity contribution in [2.24, 2.45) is 5.73 Å². The van der Waals surface area contributed by atoms with Gasteiger partial charge in [-0.05, 0) is 18.6 Å².